The number of hydrogen-bond donors (Lipinski definition) is 0. The van der Waals surface area contributed by atoms with Crippen molar-refractivity contribution < 1.29 is 0 Å². The molecule has 0 N–H and O–H groups in total. The van der Waals surface area contributed by atoms with Crippen LogP contribution in [0.2, 0.25) is 0 Å². The van der Waals surface area contributed by atoms with Crippen LogP contribution in [0.5, 0.6) is 0 Å². The summed E-state index contributed by atoms with van der Waals surface area (Å²) in [4.78, 5) is 2.18. The van der Waals surface area contributed by atoms with Gasteiger partial charge in [0.05, 0.1) is 11.3 Å². The largest absolute Gasteiger partial charge is 0.309 e. The first kappa shape index (κ1) is 22.1. The molecule has 1 aliphatic carbocycles. The standard InChI is InChI=1S/C36H24N2/c1-24-9-2-6-15-34(24)38(35-16-7-3-10-26(35)23-37)27-19-17-25(18-20-27)28-21-22-33-30-12-5-4-11-29(30)32-14-8-13-31(28)36(32)33/h2-22H,1H3. The molecule has 0 spiro atoms. The Morgan fingerprint density at radius 2 is 1.13 bits per heavy atom. The van der Waals surface area contributed by atoms with Gasteiger partial charge in [-0.3, -0.25) is 0 Å². The molecule has 0 saturated carbocycles. The van der Waals surface area contributed by atoms with Gasteiger partial charge in [-0.1, -0.05) is 97.1 Å². The third-order valence-corrected chi connectivity index (χ3v) is 7.61. The van der Waals surface area contributed by atoms with Gasteiger partial charge in [0.1, 0.15) is 6.07 Å². The van der Waals surface area contributed by atoms with E-state index in [-0.39, 0.29) is 0 Å². The number of nitrogens with zero attached hydrogens (tertiary/aromatic N) is 2. The maximum absolute atomic E-state index is 9.86. The molecule has 2 heteroatoms. The predicted octanol–water partition coefficient (Wildman–Crippen LogP) is 9.80. The Hall–Kier alpha value is -5.13. The van der Waals surface area contributed by atoms with Crippen LogP contribution in [0.1, 0.15) is 11.1 Å². The minimum Gasteiger partial charge on any atom is -0.309 e. The normalized spacial score (nSPS) is 11.3. The number of aryl methyl sites for hydroxylation is 1. The van der Waals surface area contributed by atoms with Gasteiger partial charge in [-0.2, -0.15) is 5.26 Å². The fourth-order valence-corrected chi connectivity index (χ4v) is 5.84. The van der Waals surface area contributed by atoms with Gasteiger partial charge in [0.25, 0.3) is 0 Å². The number of fused-ring (bicyclic) bond motifs is 3. The second kappa shape index (κ2) is 8.76. The molecule has 0 unspecified atom stereocenters. The minimum atomic E-state index is 0.645. The third-order valence-electron chi connectivity index (χ3n) is 7.61. The molecule has 0 saturated heterocycles. The molecular formula is C36H24N2. The smallest absolute Gasteiger partial charge is 0.101 e. The molecule has 1 aliphatic rings. The lowest BCUT2D eigenvalue weighted by atomic mass is 9.94. The van der Waals surface area contributed by atoms with E-state index in [1.807, 2.05) is 36.4 Å². The summed E-state index contributed by atoms with van der Waals surface area (Å²) >= 11 is 0. The maximum Gasteiger partial charge on any atom is 0.101 e. The second-order valence-corrected chi connectivity index (χ2v) is 9.73. The number of para-hydroxylation sites is 2. The van der Waals surface area contributed by atoms with Gasteiger partial charge in [0, 0.05) is 11.4 Å². The van der Waals surface area contributed by atoms with Crippen molar-refractivity contribution in [1.82, 2.24) is 0 Å². The zero-order chi connectivity index (χ0) is 25.6. The summed E-state index contributed by atoms with van der Waals surface area (Å²) < 4.78 is 0. The van der Waals surface area contributed by atoms with E-state index in [9.17, 15) is 5.26 Å². The Morgan fingerprint density at radius 1 is 0.526 bits per heavy atom. The lowest BCUT2D eigenvalue weighted by Crippen LogP contribution is -2.12. The summed E-state index contributed by atoms with van der Waals surface area (Å²) in [5.41, 5.74) is 12.4. The monoisotopic (exact) mass is 484 g/mol. The van der Waals surface area contributed by atoms with Crippen LogP contribution in [0, 0.1) is 18.3 Å². The molecule has 0 amide bonds. The molecule has 0 bridgehead atoms. The van der Waals surface area contributed by atoms with E-state index < -0.39 is 0 Å². The topological polar surface area (TPSA) is 27.0 Å². The van der Waals surface area contributed by atoms with E-state index in [1.165, 1.54) is 44.2 Å². The first-order valence-electron chi connectivity index (χ1n) is 12.9. The first-order valence-corrected chi connectivity index (χ1v) is 12.9. The van der Waals surface area contributed by atoms with Crippen molar-refractivity contribution in [1.29, 1.82) is 5.26 Å². The van der Waals surface area contributed by atoms with Crippen LogP contribution in [0.15, 0.2) is 127 Å². The Labute approximate surface area is 222 Å². The van der Waals surface area contributed by atoms with Crippen molar-refractivity contribution in [3.63, 3.8) is 0 Å². The Morgan fingerprint density at radius 3 is 1.87 bits per heavy atom. The van der Waals surface area contributed by atoms with Crippen molar-refractivity contribution in [2.75, 3.05) is 4.90 Å². The summed E-state index contributed by atoms with van der Waals surface area (Å²) in [5.74, 6) is 0. The lowest BCUT2D eigenvalue weighted by molar-refractivity contribution is 1.24. The van der Waals surface area contributed by atoms with Gasteiger partial charge in [-0.05, 0) is 87.0 Å². The zero-order valence-electron chi connectivity index (χ0n) is 21.0. The Bertz CT molecular complexity index is 1860. The Kier molecular flexibility index (Phi) is 5.10. The summed E-state index contributed by atoms with van der Waals surface area (Å²) in [6.45, 7) is 2.11. The third kappa shape index (κ3) is 3.34. The summed E-state index contributed by atoms with van der Waals surface area (Å²) in [5, 5.41) is 12.5. The molecule has 2 nitrogen and oxygen atoms in total. The molecule has 178 valence electrons. The first-order chi connectivity index (χ1) is 18.7. The fourth-order valence-electron chi connectivity index (χ4n) is 5.84. The SMILES string of the molecule is Cc1ccccc1N(c1ccc(-c2ccc3c4c(cccc24)-c2ccccc2-3)cc1)c1ccccc1C#N. The fraction of sp³-hybridized carbons (Fsp3) is 0.0278. The summed E-state index contributed by atoms with van der Waals surface area (Å²) in [7, 11) is 0. The molecule has 6 aromatic rings. The summed E-state index contributed by atoms with van der Waals surface area (Å²) in [6.07, 6.45) is 0. The molecule has 0 aliphatic heterocycles. The highest BCUT2D eigenvalue weighted by Crippen LogP contribution is 2.49. The maximum atomic E-state index is 9.86. The molecule has 6 aromatic carbocycles. The minimum absolute atomic E-state index is 0.645. The van der Waals surface area contributed by atoms with Crippen molar-refractivity contribution in [2.45, 2.75) is 6.92 Å². The van der Waals surface area contributed by atoms with E-state index in [0.717, 1.165) is 22.6 Å². The molecule has 0 atom stereocenters. The van der Waals surface area contributed by atoms with E-state index in [0.29, 0.717) is 5.56 Å². The molecule has 0 heterocycles. The van der Waals surface area contributed by atoms with E-state index in [2.05, 4.69) is 109 Å². The van der Waals surface area contributed by atoms with Crippen molar-refractivity contribution in [3.8, 4) is 39.4 Å². The number of benzene rings is 6. The van der Waals surface area contributed by atoms with Crippen molar-refractivity contribution in [2.24, 2.45) is 0 Å². The van der Waals surface area contributed by atoms with Gasteiger partial charge < -0.3 is 4.90 Å². The van der Waals surface area contributed by atoms with Gasteiger partial charge in [-0.15, -0.1) is 0 Å². The zero-order valence-corrected chi connectivity index (χ0v) is 21.0. The molecule has 0 radical (unpaired) electrons. The van der Waals surface area contributed by atoms with E-state index >= 15 is 0 Å². The number of nitriles is 1. The lowest BCUT2D eigenvalue weighted by Gasteiger charge is -2.28. The number of anilines is 3. The van der Waals surface area contributed by atoms with E-state index in [4.69, 9.17) is 0 Å². The average molecular weight is 485 g/mol. The van der Waals surface area contributed by atoms with Gasteiger partial charge in [0.2, 0.25) is 0 Å². The highest BCUT2D eigenvalue weighted by molar-refractivity contribution is 6.18. The summed E-state index contributed by atoms with van der Waals surface area (Å²) in [6, 6.07) is 47.0. The molecule has 0 fully saturated rings. The highest BCUT2D eigenvalue weighted by Gasteiger charge is 2.22. The molecule has 0 aromatic heterocycles. The number of hydrogen-bond acceptors (Lipinski definition) is 2. The van der Waals surface area contributed by atoms with Gasteiger partial charge >= 0.3 is 0 Å². The second-order valence-electron chi connectivity index (χ2n) is 9.73. The number of rotatable bonds is 4. The van der Waals surface area contributed by atoms with Crippen LogP contribution in [0.4, 0.5) is 17.1 Å². The quantitative estimate of drug-likeness (QED) is 0.249. The molecular weight excluding hydrogens is 460 g/mol. The van der Waals surface area contributed by atoms with Gasteiger partial charge in [-0.25, -0.2) is 0 Å². The van der Waals surface area contributed by atoms with Crippen molar-refractivity contribution >= 4 is 27.8 Å². The van der Waals surface area contributed by atoms with Gasteiger partial charge in [0.15, 0.2) is 0 Å². The van der Waals surface area contributed by atoms with Crippen LogP contribution in [-0.2, 0) is 0 Å². The van der Waals surface area contributed by atoms with Crippen LogP contribution in [0.25, 0.3) is 44.2 Å². The highest BCUT2D eigenvalue weighted by atomic mass is 15.1. The Balaban J connectivity index is 1.37. The predicted molar refractivity (Wildman–Crippen MR) is 158 cm³/mol. The van der Waals surface area contributed by atoms with Crippen LogP contribution >= 0.6 is 0 Å². The van der Waals surface area contributed by atoms with E-state index in [1.54, 1.807) is 0 Å². The molecule has 7 rings (SSSR count). The van der Waals surface area contributed by atoms with Crippen molar-refractivity contribution in [3.05, 3.63) is 139 Å². The average Bonchev–Trinajstić information content (AvgIpc) is 3.30. The molecule has 38 heavy (non-hydrogen) atoms. The van der Waals surface area contributed by atoms with Crippen LogP contribution < -0.4 is 4.90 Å². The van der Waals surface area contributed by atoms with Crippen LogP contribution in [-0.4, -0.2) is 0 Å². The van der Waals surface area contributed by atoms with Crippen LogP contribution in [0.3, 0.4) is 0 Å².